The number of carbonyl (C=O) groups is 2. The number of para-hydroxylation sites is 1. The second-order valence-electron chi connectivity index (χ2n) is 8.82. The third-order valence-corrected chi connectivity index (χ3v) is 6.62. The van der Waals surface area contributed by atoms with Crippen molar-refractivity contribution < 1.29 is 14.3 Å². The van der Waals surface area contributed by atoms with Crippen molar-refractivity contribution in [3.8, 4) is 5.75 Å². The summed E-state index contributed by atoms with van der Waals surface area (Å²) in [5.74, 6) is -0.0658. The van der Waals surface area contributed by atoms with E-state index in [2.05, 4.69) is 10.3 Å². The van der Waals surface area contributed by atoms with Gasteiger partial charge in [0.2, 0.25) is 0 Å². The summed E-state index contributed by atoms with van der Waals surface area (Å²) in [4.78, 5) is 45.7. The van der Waals surface area contributed by atoms with Crippen molar-refractivity contribution in [2.24, 2.45) is 0 Å². The molecule has 1 saturated heterocycles. The topological polar surface area (TPSA) is 98.5 Å². The molecule has 1 aliphatic rings. The maximum absolute atomic E-state index is 13.5. The van der Waals surface area contributed by atoms with Gasteiger partial charge in [-0.3, -0.25) is 29.3 Å². The molecule has 0 aliphatic carbocycles. The molecular formula is C28H25N5O4S. The Hall–Kier alpha value is -4.57. The molecule has 5 rings (SSSR count). The van der Waals surface area contributed by atoms with Crippen LogP contribution >= 0.6 is 12.2 Å². The van der Waals surface area contributed by atoms with Gasteiger partial charge in [-0.1, -0.05) is 18.2 Å². The first kappa shape index (κ1) is 25.1. The average Bonchev–Trinajstić information content (AvgIpc) is 3.15. The van der Waals surface area contributed by atoms with Crippen LogP contribution in [0, 0.1) is 20.8 Å². The predicted octanol–water partition coefficient (Wildman–Crippen LogP) is 3.66. The number of ether oxygens (including phenoxy) is 1. The lowest BCUT2D eigenvalue weighted by molar-refractivity contribution is -0.122. The van der Waals surface area contributed by atoms with E-state index in [1.165, 1.54) is 15.7 Å². The summed E-state index contributed by atoms with van der Waals surface area (Å²) in [6.07, 6.45) is 1.52. The van der Waals surface area contributed by atoms with Crippen LogP contribution in [0.1, 0.15) is 29.7 Å². The molecule has 1 N–H and O–H groups in total. The number of aromatic nitrogens is 3. The van der Waals surface area contributed by atoms with Crippen LogP contribution in [0.2, 0.25) is 0 Å². The number of anilines is 1. The van der Waals surface area contributed by atoms with E-state index in [1.807, 2.05) is 32.9 Å². The maximum Gasteiger partial charge on any atom is 0.280 e. The maximum atomic E-state index is 13.5. The number of rotatable bonds is 5. The molecule has 10 heteroatoms. The Kier molecular flexibility index (Phi) is 6.41. The molecule has 0 atom stereocenters. The zero-order valence-corrected chi connectivity index (χ0v) is 22.1. The van der Waals surface area contributed by atoms with Crippen LogP contribution in [-0.2, 0) is 9.59 Å². The van der Waals surface area contributed by atoms with E-state index >= 15 is 0 Å². The molecule has 2 aromatic heterocycles. The molecule has 38 heavy (non-hydrogen) atoms. The van der Waals surface area contributed by atoms with Crippen molar-refractivity contribution in [1.82, 2.24) is 19.7 Å². The molecule has 1 fully saturated rings. The lowest BCUT2D eigenvalue weighted by atomic mass is 10.1. The number of carbonyl (C=O) groups excluding carboxylic acids is 2. The summed E-state index contributed by atoms with van der Waals surface area (Å²) in [6.45, 7) is 7.76. The fourth-order valence-electron chi connectivity index (χ4n) is 4.63. The standard InChI is InChI=1S/C28H25N5O4S/c1-5-37-21-10-8-9-20(15-21)31-26(35)23(25(34)30-28(31)38)14-19-13-16(2)32(17(19)3)33-18(4)29-24-12-7-6-11-22(24)27(33)36/h6-15H,5H2,1-4H3,(H,30,34,38). The van der Waals surface area contributed by atoms with E-state index in [0.717, 1.165) is 5.69 Å². The van der Waals surface area contributed by atoms with Crippen LogP contribution in [-0.4, -0.2) is 37.9 Å². The lowest BCUT2D eigenvalue weighted by Gasteiger charge is -2.29. The molecule has 4 aromatic rings. The van der Waals surface area contributed by atoms with Gasteiger partial charge in [0, 0.05) is 17.5 Å². The minimum atomic E-state index is -0.595. The summed E-state index contributed by atoms with van der Waals surface area (Å²) >= 11 is 5.33. The number of thiocarbonyl (C=S) groups is 1. The van der Waals surface area contributed by atoms with Gasteiger partial charge in [0.15, 0.2) is 5.11 Å². The molecule has 0 unspecified atom stereocenters. The Morgan fingerprint density at radius 2 is 1.76 bits per heavy atom. The van der Waals surface area contributed by atoms with Crippen LogP contribution in [0.15, 0.2) is 65.0 Å². The monoisotopic (exact) mass is 527 g/mol. The molecule has 2 amide bonds. The fraction of sp³-hybridized carbons (Fsp3) is 0.179. The SMILES string of the molecule is CCOc1cccc(N2C(=O)C(=Cc3cc(C)n(-n4c(C)nc5ccccc5c4=O)c3C)C(=O)NC2=S)c1. The normalized spacial score (nSPS) is 14.9. The van der Waals surface area contributed by atoms with Gasteiger partial charge < -0.3 is 4.74 Å². The molecule has 0 spiro atoms. The Morgan fingerprint density at radius 1 is 1.00 bits per heavy atom. The smallest absolute Gasteiger partial charge is 0.280 e. The molecule has 9 nitrogen and oxygen atoms in total. The zero-order valence-electron chi connectivity index (χ0n) is 21.3. The predicted molar refractivity (Wildman–Crippen MR) is 149 cm³/mol. The summed E-state index contributed by atoms with van der Waals surface area (Å²) in [5, 5.41) is 3.09. The first-order valence-electron chi connectivity index (χ1n) is 12.0. The van der Waals surface area contributed by atoms with Gasteiger partial charge >= 0.3 is 0 Å². The third kappa shape index (κ3) is 4.18. The summed E-state index contributed by atoms with van der Waals surface area (Å²) in [5.41, 5.74) is 2.80. The number of hydrogen-bond donors (Lipinski definition) is 1. The highest BCUT2D eigenvalue weighted by Gasteiger charge is 2.35. The summed E-state index contributed by atoms with van der Waals surface area (Å²) < 4.78 is 8.79. The third-order valence-electron chi connectivity index (χ3n) is 6.34. The molecule has 3 heterocycles. The largest absolute Gasteiger partial charge is 0.494 e. The molecular weight excluding hydrogens is 502 g/mol. The highest BCUT2D eigenvalue weighted by molar-refractivity contribution is 7.80. The number of hydrogen-bond acceptors (Lipinski definition) is 6. The van der Waals surface area contributed by atoms with E-state index in [-0.39, 0.29) is 16.2 Å². The minimum Gasteiger partial charge on any atom is -0.494 e. The number of aryl methyl sites for hydroxylation is 2. The van der Waals surface area contributed by atoms with Crippen molar-refractivity contribution in [1.29, 1.82) is 0 Å². The second kappa shape index (κ2) is 9.71. The Balaban J connectivity index is 1.59. The Morgan fingerprint density at radius 3 is 2.53 bits per heavy atom. The van der Waals surface area contributed by atoms with Crippen molar-refractivity contribution in [2.45, 2.75) is 27.7 Å². The molecule has 192 valence electrons. The van der Waals surface area contributed by atoms with Crippen molar-refractivity contribution >= 4 is 51.8 Å². The van der Waals surface area contributed by atoms with E-state index in [9.17, 15) is 14.4 Å². The first-order chi connectivity index (χ1) is 18.2. The van der Waals surface area contributed by atoms with Crippen molar-refractivity contribution in [3.05, 3.63) is 93.3 Å². The van der Waals surface area contributed by atoms with E-state index in [1.54, 1.807) is 54.1 Å². The molecule has 0 radical (unpaired) electrons. The van der Waals surface area contributed by atoms with E-state index in [0.29, 0.717) is 46.0 Å². The quantitative estimate of drug-likeness (QED) is 0.242. The first-order valence-corrected chi connectivity index (χ1v) is 12.4. The summed E-state index contributed by atoms with van der Waals surface area (Å²) in [6, 6.07) is 15.9. The van der Waals surface area contributed by atoms with Crippen molar-refractivity contribution in [2.75, 3.05) is 11.5 Å². The lowest BCUT2D eigenvalue weighted by Crippen LogP contribution is -2.54. The van der Waals surface area contributed by atoms with Crippen LogP contribution in [0.25, 0.3) is 17.0 Å². The number of amides is 2. The van der Waals surface area contributed by atoms with Gasteiger partial charge in [-0.05, 0) is 81.9 Å². The highest BCUT2D eigenvalue weighted by Crippen LogP contribution is 2.27. The van der Waals surface area contributed by atoms with Crippen LogP contribution in [0.3, 0.4) is 0 Å². The average molecular weight is 528 g/mol. The van der Waals surface area contributed by atoms with Crippen LogP contribution < -0.4 is 20.5 Å². The minimum absolute atomic E-state index is 0.0133. The second-order valence-corrected chi connectivity index (χ2v) is 9.21. The number of benzene rings is 2. The number of fused-ring (bicyclic) bond motifs is 1. The van der Waals surface area contributed by atoms with Gasteiger partial charge in [-0.15, -0.1) is 0 Å². The van der Waals surface area contributed by atoms with Gasteiger partial charge in [0.1, 0.15) is 17.1 Å². The highest BCUT2D eigenvalue weighted by atomic mass is 32.1. The summed E-state index contributed by atoms with van der Waals surface area (Å²) in [7, 11) is 0. The zero-order chi connectivity index (χ0) is 27.1. The molecule has 2 aromatic carbocycles. The van der Waals surface area contributed by atoms with E-state index < -0.39 is 11.8 Å². The Labute approximate surface area is 223 Å². The van der Waals surface area contributed by atoms with Crippen molar-refractivity contribution in [3.63, 3.8) is 0 Å². The molecule has 0 bridgehead atoms. The van der Waals surface area contributed by atoms with Gasteiger partial charge in [-0.2, -0.15) is 4.68 Å². The fourth-order valence-corrected chi connectivity index (χ4v) is 4.91. The van der Waals surface area contributed by atoms with Crippen LogP contribution in [0.4, 0.5) is 5.69 Å². The number of nitrogens with zero attached hydrogens (tertiary/aromatic N) is 4. The molecule has 0 saturated carbocycles. The Bertz CT molecular complexity index is 1730. The van der Waals surface area contributed by atoms with E-state index in [4.69, 9.17) is 17.0 Å². The van der Waals surface area contributed by atoms with Gasteiger partial charge in [0.05, 0.1) is 23.2 Å². The van der Waals surface area contributed by atoms with Crippen LogP contribution in [0.5, 0.6) is 5.75 Å². The van der Waals surface area contributed by atoms with Gasteiger partial charge in [0.25, 0.3) is 17.4 Å². The molecule has 1 aliphatic heterocycles. The number of nitrogens with one attached hydrogen (secondary N) is 1. The van der Waals surface area contributed by atoms with Gasteiger partial charge in [-0.25, -0.2) is 4.98 Å².